The van der Waals surface area contributed by atoms with E-state index in [0.29, 0.717) is 12.6 Å². The van der Waals surface area contributed by atoms with Crippen LogP contribution in [-0.4, -0.2) is 41.1 Å². The predicted octanol–water partition coefficient (Wildman–Crippen LogP) is 1.97. The van der Waals surface area contributed by atoms with Crippen molar-refractivity contribution in [2.75, 3.05) is 13.2 Å². The van der Waals surface area contributed by atoms with Crippen LogP contribution in [0.5, 0.6) is 0 Å². The van der Waals surface area contributed by atoms with Crippen molar-refractivity contribution in [3.05, 3.63) is 54.2 Å². The minimum atomic E-state index is -0.0639. The zero-order chi connectivity index (χ0) is 17.1. The second kappa shape index (κ2) is 7.37. The van der Waals surface area contributed by atoms with Gasteiger partial charge in [-0.05, 0) is 36.6 Å². The number of amides is 1. The summed E-state index contributed by atoms with van der Waals surface area (Å²) in [5, 5.41) is 3.04. The van der Waals surface area contributed by atoms with Gasteiger partial charge in [0.05, 0.1) is 24.8 Å². The summed E-state index contributed by atoms with van der Waals surface area (Å²) >= 11 is 0. The number of pyridine rings is 1. The lowest BCUT2D eigenvalue weighted by molar-refractivity contribution is -0.130. The number of ether oxygens (including phenoxy) is 1. The van der Waals surface area contributed by atoms with Crippen LogP contribution in [0.2, 0.25) is 0 Å². The fourth-order valence-corrected chi connectivity index (χ4v) is 3.86. The molecular weight excluding hydrogens is 318 g/mol. The molecule has 4 heterocycles. The molecular formula is C19H23N3O3. The van der Waals surface area contributed by atoms with Crippen LogP contribution < -0.4 is 5.32 Å². The van der Waals surface area contributed by atoms with Crippen LogP contribution in [0.1, 0.15) is 24.2 Å². The number of aromatic nitrogens is 1. The topological polar surface area (TPSA) is 67.6 Å². The largest absolute Gasteiger partial charge is 0.468 e. The van der Waals surface area contributed by atoms with Gasteiger partial charge in [-0.25, -0.2) is 0 Å². The first kappa shape index (κ1) is 16.3. The van der Waals surface area contributed by atoms with Crippen LogP contribution in [0.15, 0.2) is 47.3 Å². The minimum Gasteiger partial charge on any atom is -0.468 e. The van der Waals surface area contributed by atoms with Crippen LogP contribution in [0.25, 0.3) is 0 Å². The molecule has 1 amide bonds. The third kappa shape index (κ3) is 3.75. The van der Waals surface area contributed by atoms with Crippen LogP contribution in [-0.2, 0) is 22.6 Å². The van der Waals surface area contributed by atoms with Gasteiger partial charge in [-0.3, -0.25) is 14.7 Å². The highest BCUT2D eigenvalue weighted by atomic mass is 16.5. The maximum Gasteiger partial charge on any atom is 0.224 e. The van der Waals surface area contributed by atoms with E-state index in [-0.39, 0.29) is 17.9 Å². The van der Waals surface area contributed by atoms with Crippen molar-refractivity contribution >= 4 is 5.91 Å². The van der Waals surface area contributed by atoms with Crippen LogP contribution in [0, 0.1) is 5.92 Å². The number of carbonyl (C=O) groups excluding carboxylic acids is 1. The van der Waals surface area contributed by atoms with Crippen molar-refractivity contribution in [2.24, 2.45) is 5.92 Å². The van der Waals surface area contributed by atoms with Gasteiger partial charge in [-0.1, -0.05) is 6.07 Å². The number of nitrogens with zero attached hydrogens (tertiary/aromatic N) is 2. The van der Waals surface area contributed by atoms with Gasteiger partial charge in [0.2, 0.25) is 5.91 Å². The molecule has 2 saturated heterocycles. The Labute approximate surface area is 147 Å². The Morgan fingerprint density at radius 2 is 2.32 bits per heavy atom. The van der Waals surface area contributed by atoms with Crippen LogP contribution in [0.4, 0.5) is 0 Å². The third-order valence-electron chi connectivity index (χ3n) is 5.11. The van der Waals surface area contributed by atoms with Gasteiger partial charge in [0, 0.05) is 38.1 Å². The van der Waals surface area contributed by atoms with E-state index >= 15 is 0 Å². The molecule has 3 atom stereocenters. The Bertz CT molecular complexity index is 689. The highest BCUT2D eigenvalue weighted by Gasteiger charge is 2.42. The van der Waals surface area contributed by atoms with Crippen molar-refractivity contribution in [3.63, 3.8) is 0 Å². The van der Waals surface area contributed by atoms with E-state index in [1.807, 2.05) is 24.3 Å². The maximum absolute atomic E-state index is 12.7. The third-order valence-corrected chi connectivity index (χ3v) is 5.11. The van der Waals surface area contributed by atoms with Gasteiger partial charge in [-0.15, -0.1) is 0 Å². The Kier molecular flexibility index (Phi) is 4.81. The smallest absolute Gasteiger partial charge is 0.224 e. The summed E-state index contributed by atoms with van der Waals surface area (Å²) in [6.45, 7) is 2.75. The second-order valence-electron chi connectivity index (χ2n) is 6.79. The van der Waals surface area contributed by atoms with Crippen LogP contribution in [0.3, 0.4) is 0 Å². The van der Waals surface area contributed by atoms with E-state index in [4.69, 9.17) is 9.15 Å². The normalized spacial score (nSPS) is 26.3. The zero-order valence-electron chi connectivity index (χ0n) is 14.1. The Morgan fingerprint density at radius 3 is 3.12 bits per heavy atom. The Balaban J connectivity index is 1.40. The summed E-state index contributed by atoms with van der Waals surface area (Å²) in [5.74, 6) is 0.954. The Morgan fingerprint density at radius 1 is 1.36 bits per heavy atom. The van der Waals surface area contributed by atoms with Crippen molar-refractivity contribution in [1.29, 1.82) is 0 Å². The molecule has 2 aliphatic heterocycles. The average Bonchev–Trinajstić information content (AvgIpc) is 3.32. The van der Waals surface area contributed by atoms with E-state index in [1.54, 1.807) is 18.7 Å². The molecule has 0 saturated carbocycles. The SMILES string of the molecule is O=C(NCc1cccnc1)[C@H]1C[C@@H]2OCC[C@@H]2N(Cc2ccco2)C1. The molecule has 2 aromatic rings. The van der Waals surface area contributed by atoms with E-state index in [1.165, 1.54) is 0 Å². The molecule has 0 bridgehead atoms. The summed E-state index contributed by atoms with van der Waals surface area (Å²) in [4.78, 5) is 19.1. The van der Waals surface area contributed by atoms with E-state index in [0.717, 1.165) is 43.9 Å². The van der Waals surface area contributed by atoms with Crippen molar-refractivity contribution < 1.29 is 13.9 Å². The molecule has 0 radical (unpaired) electrons. The van der Waals surface area contributed by atoms with E-state index < -0.39 is 0 Å². The molecule has 2 fully saturated rings. The van der Waals surface area contributed by atoms with Crippen molar-refractivity contribution in [1.82, 2.24) is 15.2 Å². The summed E-state index contributed by atoms with van der Waals surface area (Å²) in [6.07, 6.45) is 7.16. The summed E-state index contributed by atoms with van der Waals surface area (Å²) in [5.41, 5.74) is 1.01. The number of hydrogen-bond donors (Lipinski definition) is 1. The van der Waals surface area contributed by atoms with Gasteiger partial charge < -0.3 is 14.5 Å². The maximum atomic E-state index is 12.7. The van der Waals surface area contributed by atoms with Gasteiger partial charge in [-0.2, -0.15) is 0 Å². The van der Waals surface area contributed by atoms with Gasteiger partial charge in [0.25, 0.3) is 0 Å². The summed E-state index contributed by atoms with van der Waals surface area (Å²) < 4.78 is 11.4. The van der Waals surface area contributed by atoms with Crippen LogP contribution >= 0.6 is 0 Å². The first-order valence-corrected chi connectivity index (χ1v) is 8.84. The molecule has 1 N–H and O–H groups in total. The molecule has 6 heteroatoms. The minimum absolute atomic E-state index is 0.0639. The number of rotatable bonds is 5. The standard InChI is InChI=1S/C19H23N3O3/c23-19(21-11-14-3-1-6-20-10-14)15-9-18-17(5-8-25-18)22(12-15)13-16-4-2-7-24-16/h1-4,6-7,10,15,17-18H,5,8-9,11-13H2,(H,21,23)/t15-,17-,18-/m0/s1. The molecule has 0 aliphatic carbocycles. The molecule has 132 valence electrons. The van der Waals surface area contributed by atoms with Gasteiger partial charge in [0.1, 0.15) is 5.76 Å². The predicted molar refractivity (Wildman–Crippen MR) is 91.5 cm³/mol. The first-order valence-electron chi connectivity index (χ1n) is 8.84. The lowest BCUT2D eigenvalue weighted by atomic mass is 9.89. The number of likely N-dealkylation sites (tertiary alicyclic amines) is 1. The number of fused-ring (bicyclic) bond motifs is 1. The summed E-state index contributed by atoms with van der Waals surface area (Å²) in [6, 6.07) is 8.11. The monoisotopic (exact) mass is 341 g/mol. The number of carbonyl (C=O) groups is 1. The number of hydrogen-bond acceptors (Lipinski definition) is 5. The fraction of sp³-hybridized carbons (Fsp3) is 0.474. The quantitative estimate of drug-likeness (QED) is 0.901. The summed E-state index contributed by atoms with van der Waals surface area (Å²) in [7, 11) is 0. The van der Waals surface area contributed by atoms with Gasteiger partial charge in [0.15, 0.2) is 0 Å². The number of nitrogens with one attached hydrogen (secondary N) is 1. The molecule has 0 aromatic carbocycles. The molecule has 0 unspecified atom stereocenters. The van der Waals surface area contributed by atoms with Crippen molar-refractivity contribution in [2.45, 2.75) is 38.1 Å². The highest BCUT2D eigenvalue weighted by Crippen LogP contribution is 2.32. The zero-order valence-corrected chi connectivity index (χ0v) is 14.1. The number of furan rings is 1. The molecule has 25 heavy (non-hydrogen) atoms. The molecule has 2 aromatic heterocycles. The molecule has 4 rings (SSSR count). The lowest BCUT2D eigenvalue weighted by Crippen LogP contribution is -2.52. The fourth-order valence-electron chi connectivity index (χ4n) is 3.86. The highest BCUT2D eigenvalue weighted by molar-refractivity contribution is 5.79. The van der Waals surface area contributed by atoms with Crippen molar-refractivity contribution in [3.8, 4) is 0 Å². The Hall–Kier alpha value is -2.18. The van der Waals surface area contributed by atoms with E-state index in [9.17, 15) is 4.79 Å². The second-order valence-corrected chi connectivity index (χ2v) is 6.79. The number of piperidine rings is 1. The molecule has 2 aliphatic rings. The molecule has 0 spiro atoms. The van der Waals surface area contributed by atoms with Gasteiger partial charge >= 0.3 is 0 Å². The first-order chi connectivity index (χ1) is 12.3. The lowest BCUT2D eigenvalue weighted by Gasteiger charge is -2.39. The average molecular weight is 341 g/mol. The molecule has 6 nitrogen and oxygen atoms in total. The van der Waals surface area contributed by atoms with E-state index in [2.05, 4.69) is 15.2 Å².